The summed E-state index contributed by atoms with van der Waals surface area (Å²) in [6.07, 6.45) is -0.486. The molecule has 0 fully saturated rings. The lowest BCUT2D eigenvalue weighted by atomic mass is 10.0. The molecule has 1 aromatic carbocycles. The molecule has 4 nitrogen and oxygen atoms in total. The lowest BCUT2D eigenvalue weighted by molar-refractivity contribution is 0.122. The standard InChI is InChI=1S/C12H18FNO3/c1-16-7-9(14)6-11(15)8-3-4-12(17-2)10(13)5-8/h3-5,9,11,15H,6-7,14H2,1-2H3. The fourth-order valence-corrected chi connectivity index (χ4v) is 1.59. The zero-order valence-corrected chi connectivity index (χ0v) is 10.0. The van der Waals surface area contributed by atoms with Gasteiger partial charge in [-0.25, -0.2) is 4.39 Å². The van der Waals surface area contributed by atoms with Crippen LogP contribution in [0.4, 0.5) is 4.39 Å². The molecule has 2 atom stereocenters. The van der Waals surface area contributed by atoms with E-state index in [0.29, 0.717) is 18.6 Å². The topological polar surface area (TPSA) is 64.7 Å². The van der Waals surface area contributed by atoms with E-state index in [9.17, 15) is 9.50 Å². The average Bonchev–Trinajstić information content (AvgIpc) is 2.29. The van der Waals surface area contributed by atoms with E-state index in [1.54, 1.807) is 13.2 Å². The molecule has 0 radical (unpaired) electrons. The summed E-state index contributed by atoms with van der Waals surface area (Å²) in [5.41, 5.74) is 6.19. The fraction of sp³-hybridized carbons (Fsp3) is 0.500. The van der Waals surface area contributed by atoms with Crippen molar-refractivity contribution in [3.63, 3.8) is 0 Å². The summed E-state index contributed by atoms with van der Waals surface area (Å²) in [6.45, 7) is 0.357. The summed E-state index contributed by atoms with van der Waals surface area (Å²) >= 11 is 0. The highest BCUT2D eigenvalue weighted by molar-refractivity contribution is 5.30. The quantitative estimate of drug-likeness (QED) is 0.788. The molecule has 0 aliphatic rings. The van der Waals surface area contributed by atoms with Gasteiger partial charge in [0.1, 0.15) is 0 Å². The Morgan fingerprint density at radius 3 is 2.65 bits per heavy atom. The van der Waals surface area contributed by atoms with Gasteiger partial charge in [-0.05, 0) is 24.1 Å². The van der Waals surface area contributed by atoms with Gasteiger partial charge >= 0.3 is 0 Å². The monoisotopic (exact) mass is 243 g/mol. The molecule has 1 aromatic rings. The van der Waals surface area contributed by atoms with Gasteiger partial charge in [0.05, 0.1) is 19.8 Å². The second kappa shape index (κ2) is 6.54. The summed E-state index contributed by atoms with van der Waals surface area (Å²) in [4.78, 5) is 0. The van der Waals surface area contributed by atoms with Crippen LogP contribution in [0.1, 0.15) is 18.1 Å². The fourth-order valence-electron chi connectivity index (χ4n) is 1.59. The van der Waals surface area contributed by atoms with Gasteiger partial charge < -0.3 is 20.3 Å². The normalized spacial score (nSPS) is 14.4. The van der Waals surface area contributed by atoms with Crippen LogP contribution < -0.4 is 10.5 Å². The van der Waals surface area contributed by atoms with E-state index < -0.39 is 11.9 Å². The van der Waals surface area contributed by atoms with Gasteiger partial charge in [0.25, 0.3) is 0 Å². The molecule has 5 heteroatoms. The van der Waals surface area contributed by atoms with Gasteiger partial charge in [0.15, 0.2) is 11.6 Å². The molecule has 0 amide bonds. The van der Waals surface area contributed by atoms with Crippen LogP contribution in [0.15, 0.2) is 18.2 Å². The van der Waals surface area contributed by atoms with Crippen molar-refractivity contribution in [1.82, 2.24) is 0 Å². The maximum Gasteiger partial charge on any atom is 0.165 e. The Bertz CT molecular complexity index is 360. The van der Waals surface area contributed by atoms with Crippen molar-refractivity contribution in [3.05, 3.63) is 29.6 Å². The van der Waals surface area contributed by atoms with Crippen molar-refractivity contribution in [3.8, 4) is 5.75 Å². The first-order chi connectivity index (χ1) is 8.08. The van der Waals surface area contributed by atoms with E-state index in [2.05, 4.69) is 0 Å². The van der Waals surface area contributed by atoms with Crippen LogP contribution in [0.25, 0.3) is 0 Å². The second-order valence-corrected chi connectivity index (χ2v) is 3.86. The van der Waals surface area contributed by atoms with E-state index in [-0.39, 0.29) is 11.8 Å². The number of rotatable bonds is 6. The molecular formula is C12H18FNO3. The number of methoxy groups -OCH3 is 2. The smallest absolute Gasteiger partial charge is 0.165 e. The predicted octanol–water partition coefficient (Wildman–Crippen LogP) is 1.23. The van der Waals surface area contributed by atoms with E-state index in [0.717, 1.165) is 0 Å². The van der Waals surface area contributed by atoms with Crippen molar-refractivity contribution >= 4 is 0 Å². The van der Waals surface area contributed by atoms with Crippen LogP contribution >= 0.6 is 0 Å². The highest BCUT2D eigenvalue weighted by atomic mass is 19.1. The first-order valence-electron chi connectivity index (χ1n) is 5.34. The Morgan fingerprint density at radius 1 is 1.41 bits per heavy atom. The molecule has 0 aromatic heterocycles. The summed E-state index contributed by atoms with van der Waals surface area (Å²) in [7, 11) is 2.93. The Balaban J connectivity index is 2.69. The van der Waals surface area contributed by atoms with Crippen molar-refractivity contribution in [1.29, 1.82) is 0 Å². The molecule has 0 saturated carbocycles. The molecule has 17 heavy (non-hydrogen) atoms. The SMILES string of the molecule is COCC(N)CC(O)c1ccc(OC)c(F)c1. The van der Waals surface area contributed by atoms with Gasteiger partial charge in [-0.15, -0.1) is 0 Å². The molecule has 3 N–H and O–H groups in total. The van der Waals surface area contributed by atoms with Crippen molar-refractivity contribution in [2.24, 2.45) is 5.73 Å². The van der Waals surface area contributed by atoms with E-state index >= 15 is 0 Å². The molecule has 0 bridgehead atoms. The van der Waals surface area contributed by atoms with Gasteiger partial charge in [0.2, 0.25) is 0 Å². The van der Waals surface area contributed by atoms with Crippen molar-refractivity contribution < 1.29 is 19.0 Å². The van der Waals surface area contributed by atoms with E-state index in [4.69, 9.17) is 15.2 Å². The third-order valence-electron chi connectivity index (χ3n) is 2.47. The zero-order valence-electron chi connectivity index (χ0n) is 10.0. The first kappa shape index (κ1) is 13.9. The molecule has 0 spiro atoms. The highest BCUT2D eigenvalue weighted by Crippen LogP contribution is 2.24. The summed E-state index contributed by atoms with van der Waals surface area (Å²) in [6, 6.07) is 4.07. The predicted molar refractivity (Wildman–Crippen MR) is 62.4 cm³/mol. The number of hydrogen-bond donors (Lipinski definition) is 2. The van der Waals surface area contributed by atoms with E-state index in [1.165, 1.54) is 19.2 Å². The molecule has 0 aliphatic heterocycles. The molecule has 96 valence electrons. The summed E-state index contributed by atoms with van der Waals surface area (Å²) in [5.74, 6) is -0.341. The number of ether oxygens (including phenoxy) is 2. The third kappa shape index (κ3) is 3.96. The van der Waals surface area contributed by atoms with Crippen LogP contribution in [0.3, 0.4) is 0 Å². The first-order valence-corrected chi connectivity index (χ1v) is 5.34. The number of hydrogen-bond acceptors (Lipinski definition) is 4. The van der Waals surface area contributed by atoms with Gasteiger partial charge in [-0.1, -0.05) is 6.07 Å². The Hall–Kier alpha value is -1.17. The van der Waals surface area contributed by atoms with Crippen molar-refractivity contribution in [2.45, 2.75) is 18.6 Å². The maximum atomic E-state index is 13.4. The Labute approximate surface area is 100 Å². The van der Waals surface area contributed by atoms with Gasteiger partial charge in [-0.3, -0.25) is 0 Å². The third-order valence-corrected chi connectivity index (χ3v) is 2.47. The van der Waals surface area contributed by atoms with Gasteiger partial charge in [0, 0.05) is 13.2 Å². The average molecular weight is 243 g/mol. The number of aliphatic hydroxyl groups excluding tert-OH is 1. The number of halogens is 1. The van der Waals surface area contributed by atoms with Crippen LogP contribution in [0.5, 0.6) is 5.75 Å². The highest BCUT2D eigenvalue weighted by Gasteiger charge is 2.14. The largest absolute Gasteiger partial charge is 0.494 e. The molecule has 0 heterocycles. The van der Waals surface area contributed by atoms with E-state index in [1.807, 2.05) is 0 Å². The van der Waals surface area contributed by atoms with Crippen LogP contribution in [-0.4, -0.2) is 32.0 Å². The summed E-state index contributed by atoms with van der Waals surface area (Å²) < 4.78 is 23.1. The molecule has 1 rings (SSSR count). The number of benzene rings is 1. The molecule has 2 unspecified atom stereocenters. The second-order valence-electron chi connectivity index (χ2n) is 3.86. The lowest BCUT2D eigenvalue weighted by Gasteiger charge is -2.16. The number of aliphatic hydroxyl groups is 1. The van der Waals surface area contributed by atoms with Gasteiger partial charge in [-0.2, -0.15) is 0 Å². The minimum atomic E-state index is -0.805. The van der Waals surface area contributed by atoms with Crippen molar-refractivity contribution in [2.75, 3.05) is 20.8 Å². The maximum absolute atomic E-state index is 13.4. The minimum absolute atomic E-state index is 0.155. The molecule has 0 aliphatic carbocycles. The molecular weight excluding hydrogens is 225 g/mol. The summed E-state index contributed by atoms with van der Waals surface area (Å²) in [5, 5.41) is 9.86. The Kier molecular flexibility index (Phi) is 5.34. The lowest BCUT2D eigenvalue weighted by Crippen LogP contribution is -2.27. The Morgan fingerprint density at radius 2 is 2.12 bits per heavy atom. The molecule has 0 saturated heterocycles. The number of nitrogens with two attached hydrogens (primary N) is 1. The minimum Gasteiger partial charge on any atom is -0.494 e. The zero-order chi connectivity index (χ0) is 12.8. The van der Waals surface area contributed by atoms with Crippen LogP contribution in [0.2, 0.25) is 0 Å². The van der Waals surface area contributed by atoms with Crippen LogP contribution in [0, 0.1) is 5.82 Å². The van der Waals surface area contributed by atoms with Crippen LogP contribution in [-0.2, 0) is 4.74 Å².